The summed E-state index contributed by atoms with van der Waals surface area (Å²) < 4.78 is 1.65. The summed E-state index contributed by atoms with van der Waals surface area (Å²) in [6, 6.07) is 6.89. The summed E-state index contributed by atoms with van der Waals surface area (Å²) in [5.41, 5.74) is 1.33. The zero-order valence-electron chi connectivity index (χ0n) is 10.8. The van der Waals surface area contributed by atoms with Gasteiger partial charge in [-0.2, -0.15) is 0 Å². The molecule has 6 heteroatoms. The molecule has 0 aliphatic rings. The molecule has 1 aromatic carbocycles. The first-order chi connectivity index (χ1) is 9.79. The number of nitrogens with one attached hydrogen (secondary N) is 1. The van der Waals surface area contributed by atoms with Crippen molar-refractivity contribution in [2.45, 2.75) is 6.54 Å². The van der Waals surface area contributed by atoms with Gasteiger partial charge in [0.1, 0.15) is 6.61 Å². The van der Waals surface area contributed by atoms with Crippen molar-refractivity contribution in [1.82, 2.24) is 20.3 Å². The Morgan fingerprint density at radius 3 is 2.80 bits per heavy atom. The highest BCUT2D eigenvalue weighted by Gasteiger charge is 2.04. The van der Waals surface area contributed by atoms with E-state index in [9.17, 15) is 4.79 Å². The van der Waals surface area contributed by atoms with Crippen molar-refractivity contribution in [1.29, 1.82) is 0 Å². The van der Waals surface area contributed by atoms with Gasteiger partial charge in [0.05, 0.1) is 12.7 Å². The molecule has 0 fully saturated rings. The molecule has 0 spiro atoms. The van der Waals surface area contributed by atoms with E-state index in [1.807, 2.05) is 0 Å². The van der Waals surface area contributed by atoms with Gasteiger partial charge < -0.3 is 10.4 Å². The van der Waals surface area contributed by atoms with Crippen molar-refractivity contribution >= 4 is 5.91 Å². The number of aliphatic hydroxyl groups is 1. The molecule has 0 radical (unpaired) electrons. The third kappa shape index (κ3) is 3.93. The molecule has 1 heterocycles. The van der Waals surface area contributed by atoms with Gasteiger partial charge in [0.2, 0.25) is 0 Å². The number of amides is 1. The van der Waals surface area contributed by atoms with Crippen LogP contribution in [-0.2, 0) is 6.54 Å². The van der Waals surface area contributed by atoms with Gasteiger partial charge in [-0.05, 0) is 24.3 Å². The molecule has 0 atom stereocenters. The van der Waals surface area contributed by atoms with Gasteiger partial charge in [-0.3, -0.25) is 9.48 Å². The molecule has 1 amide bonds. The number of hydrogen-bond donors (Lipinski definition) is 2. The number of carbonyl (C=O) groups excluding carboxylic acids is 1. The van der Waals surface area contributed by atoms with Crippen molar-refractivity contribution in [3.05, 3.63) is 47.8 Å². The zero-order chi connectivity index (χ0) is 14.2. The fourth-order valence-corrected chi connectivity index (χ4v) is 1.58. The molecule has 0 aliphatic carbocycles. The van der Waals surface area contributed by atoms with Crippen LogP contribution in [0.15, 0.2) is 36.7 Å². The summed E-state index contributed by atoms with van der Waals surface area (Å²) in [5.74, 6) is 5.18. The van der Waals surface area contributed by atoms with Crippen LogP contribution >= 0.6 is 0 Å². The first-order valence-electron chi connectivity index (χ1n) is 6.11. The van der Waals surface area contributed by atoms with Crippen molar-refractivity contribution in [2.75, 3.05) is 13.2 Å². The zero-order valence-corrected chi connectivity index (χ0v) is 10.8. The van der Waals surface area contributed by atoms with Crippen LogP contribution in [0.25, 0.3) is 0 Å². The SMILES string of the molecule is O=C(NCCn1ccnn1)c1ccc(C#CCO)cc1. The number of hydrogen-bond acceptors (Lipinski definition) is 4. The number of benzene rings is 1. The van der Waals surface area contributed by atoms with Gasteiger partial charge in [0.15, 0.2) is 0 Å². The summed E-state index contributed by atoms with van der Waals surface area (Å²) in [5, 5.41) is 18.9. The molecule has 0 bridgehead atoms. The standard InChI is InChI=1S/C14H14N4O2/c19-11-1-2-12-3-5-13(6-4-12)14(20)15-7-9-18-10-8-16-17-18/h3-6,8,10,19H,7,9,11H2,(H,15,20). The fraction of sp³-hybridized carbons (Fsp3) is 0.214. The van der Waals surface area contributed by atoms with Crippen molar-refractivity contribution in [3.63, 3.8) is 0 Å². The van der Waals surface area contributed by atoms with E-state index in [0.29, 0.717) is 18.7 Å². The van der Waals surface area contributed by atoms with Gasteiger partial charge in [0, 0.05) is 23.9 Å². The molecule has 2 aromatic rings. The second-order valence-electron chi connectivity index (χ2n) is 3.96. The third-order valence-corrected chi connectivity index (χ3v) is 2.56. The molecular formula is C14H14N4O2. The molecule has 2 rings (SSSR count). The van der Waals surface area contributed by atoms with Crippen LogP contribution < -0.4 is 5.32 Å². The van der Waals surface area contributed by atoms with Gasteiger partial charge in [-0.25, -0.2) is 0 Å². The van der Waals surface area contributed by atoms with E-state index in [0.717, 1.165) is 5.56 Å². The van der Waals surface area contributed by atoms with Crippen LogP contribution in [0.4, 0.5) is 0 Å². The first-order valence-corrected chi connectivity index (χ1v) is 6.11. The second kappa shape index (κ2) is 7.07. The molecule has 1 aromatic heterocycles. The molecule has 0 unspecified atom stereocenters. The molecule has 6 nitrogen and oxygen atoms in total. The van der Waals surface area contributed by atoms with Crippen LogP contribution in [-0.4, -0.2) is 39.2 Å². The van der Waals surface area contributed by atoms with Crippen LogP contribution in [0.3, 0.4) is 0 Å². The van der Waals surface area contributed by atoms with E-state index >= 15 is 0 Å². The number of nitrogens with zero attached hydrogens (tertiary/aromatic N) is 3. The van der Waals surface area contributed by atoms with Crippen LogP contribution in [0, 0.1) is 11.8 Å². The van der Waals surface area contributed by atoms with Gasteiger partial charge in [-0.1, -0.05) is 17.1 Å². The molecule has 102 valence electrons. The van der Waals surface area contributed by atoms with Gasteiger partial charge in [-0.15, -0.1) is 5.10 Å². The average molecular weight is 270 g/mol. The van der Waals surface area contributed by atoms with Crippen molar-refractivity contribution < 1.29 is 9.90 Å². The molecular weight excluding hydrogens is 256 g/mol. The Morgan fingerprint density at radius 2 is 2.15 bits per heavy atom. The predicted octanol–water partition coefficient (Wildman–Crippen LogP) is 0.0519. The Labute approximate surface area is 116 Å². The largest absolute Gasteiger partial charge is 0.384 e. The summed E-state index contributed by atoms with van der Waals surface area (Å²) in [6.07, 6.45) is 3.33. The van der Waals surface area contributed by atoms with Crippen LogP contribution in [0.1, 0.15) is 15.9 Å². The van der Waals surface area contributed by atoms with Gasteiger partial charge in [0.25, 0.3) is 5.91 Å². The highest BCUT2D eigenvalue weighted by Crippen LogP contribution is 2.03. The molecule has 20 heavy (non-hydrogen) atoms. The summed E-state index contributed by atoms with van der Waals surface area (Å²) in [7, 11) is 0. The number of carbonyl (C=O) groups is 1. The fourth-order valence-electron chi connectivity index (χ4n) is 1.58. The average Bonchev–Trinajstić information content (AvgIpc) is 2.99. The molecule has 0 saturated carbocycles. The lowest BCUT2D eigenvalue weighted by Crippen LogP contribution is -2.27. The van der Waals surface area contributed by atoms with E-state index in [4.69, 9.17) is 5.11 Å². The van der Waals surface area contributed by atoms with Crippen LogP contribution in [0.5, 0.6) is 0 Å². The quantitative estimate of drug-likeness (QED) is 0.769. The Balaban J connectivity index is 1.85. The number of aromatic nitrogens is 3. The summed E-state index contributed by atoms with van der Waals surface area (Å²) in [4.78, 5) is 11.9. The molecule has 2 N–H and O–H groups in total. The van der Waals surface area contributed by atoms with Crippen LogP contribution in [0.2, 0.25) is 0 Å². The number of aliphatic hydroxyl groups excluding tert-OH is 1. The van der Waals surface area contributed by atoms with Crippen molar-refractivity contribution in [3.8, 4) is 11.8 Å². The number of rotatable bonds is 4. The van der Waals surface area contributed by atoms with E-state index in [1.165, 1.54) is 0 Å². The van der Waals surface area contributed by atoms with E-state index in [2.05, 4.69) is 27.5 Å². The summed E-state index contributed by atoms with van der Waals surface area (Å²) in [6.45, 7) is 0.880. The van der Waals surface area contributed by atoms with Crippen molar-refractivity contribution in [2.24, 2.45) is 0 Å². The lowest BCUT2D eigenvalue weighted by atomic mass is 10.1. The van der Waals surface area contributed by atoms with Gasteiger partial charge >= 0.3 is 0 Å². The molecule has 0 aliphatic heterocycles. The lowest BCUT2D eigenvalue weighted by molar-refractivity contribution is 0.0952. The second-order valence-corrected chi connectivity index (χ2v) is 3.96. The van der Waals surface area contributed by atoms with E-state index < -0.39 is 0 Å². The maximum atomic E-state index is 11.9. The molecule has 0 saturated heterocycles. The highest BCUT2D eigenvalue weighted by molar-refractivity contribution is 5.94. The smallest absolute Gasteiger partial charge is 0.251 e. The minimum Gasteiger partial charge on any atom is -0.384 e. The summed E-state index contributed by atoms with van der Waals surface area (Å²) >= 11 is 0. The lowest BCUT2D eigenvalue weighted by Gasteiger charge is -2.05. The monoisotopic (exact) mass is 270 g/mol. The Hall–Kier alpha value is -2.65. The Morgan fingerprint density at radius 1 is 1.35 bits per heavy atom. The van der Waals surface area contributed by atoms with E-state index in [1.54, 1.807) is 41.3 Å². The maximum Gasteiger partial charge on any atom is 0.251 e. The highest BCUT2D eigenvalue weighted by atomic mass is 16.2. The third-order valence-electron chi connectivity index (χ3n) is 2.56. The first kappa shape index (κ1) is 13.8. The maximum absolute atomic E-state index is 11.9. The topological polar surface area (TPSA) is 80.0 Å². The predicted molar refractivity (Wildman–Crippen MR) is 72.8 cm³/mol. The minimum absolute atomic E-state index is 0.146. The minimum atomic E-state index is -0.176. The normalized spacial score (nSPS) is 9.65. The Kier molecular flexibility index (Phi) is 4.87. The Bertz CT molecular complexity index is 609. The van der Waals surface area contributed by atoms with E-state index in [-0.39, 0.29) is 12.5 Å².